The molecule has 0 aliphatic heterocycles. The van der Waals surface area contributed by atoms with Crippen LogP contribution >= 0.6 is 11.8 Å². The van der Waals surface area contributed by atoms with Crippen LogP contribution in [-0.2, 0) is 4.79 Å². The van der Waals surface area contributed by atoms with Gasteiger partial charge in [0.1, 0.15) is 0 Å². The fraction of sp³-hybridized carbons (Fsp3) is 0.500. The van der Waals surface area contributed by atoms with Gasteiger partial charge < -0.3 is 9.73 Å². The van der Waals surface area contributed by atoms with Crippen molar-refractivity contribution < 1.29 is 9.21 Å². The Hall–Kier alpha value is -1.89. The topological polar surface area (TPSA) is 80.9 Å². The summed E-state index contributed by atoms with van der Waals surface area (Å²) in [4.78, 5) is 15.9. The standard InChI is InChI=1S/C16H20N4O2S/c21-14(18-10-12-4-2-1-3-5-12)11-23-16-20-19-15(22-16)13-6-8-17-9-7-13/h6-9,12H,1-5,10-11H2,(H,18,21). The third-order valence-corrected chi connectivity index (χ3v) is 4.79. The number of nitrogens with one attached hydrogen (secondary N) is 1. The number of pyridine rings is 1. The molecule has 0 atom stereocenters. The molecule has 6 nitrogen and oxygen atoms in total. The fourth-order valence-electron chi connectivity index (χ4n) is 2.71. The smallest absolute Gasteiger partial charge is 0.277 e. The van der Waals surface area contributed by atoms with Crippen molar-refractivity contribution in [1.82, 2.24) is 20.5 Å². The van der Waals surface area contributed by atoms with Crippen molar-refractivity contribution in [3.8, 4) is 11.5 Å². The molecule has 1 saturated carbocycles. The van der Waals surface area contributed by atoms with Crippen molar-refractivity contribution in [1.29, 1.82) is 0 Å². The Morgan fingerprint density at radius 3 is 2.78 bits per heavy atom. The molecule has 0 aromatic carbocycles. The molecule has 122 valence electrons. The quantitative estimate of drug-likeness (QED) is 0.819. The van der Waals surface area contributed by atoms with Crippen LogP contribution < -0.4 is 5.32 Å². The molecule has 0 bridgehead atoms. The second-order valence-electron chi connectivity index (χ2n) is 5.71. The lowest BCUT2D eigenvalue weighted by Gasteiger charge is -2.21. The van der Waals surface area contributed by atoms with E-state index in [2.05, 4.69) is 20.5 Å². The van der Waals surface area contributed by atoms with Gasteiger partial charge in [0.15, 0.2) is 0 Å². The summed E-state index contributed by atoms with van der Waals surface area (Å²) in [5.74, 6) is 1.39. The first-order chi connectivity index (χ1) is 11.3. The molecule has 2 aromatic heterocycles. The van der Waals surface area contributed by atoms with Gasteiger partial charge in [-0.05, 0) is 30.9 Å². The number of hydrogen-bond acceptors (Lipinski definition) is 6. The van der Waals surface area contributed by atoms with Crippen LogP contribution in [-0.4, -0.2) is 33.4 Å². The van der Waals surface area contributed by atoms with E-state index in [1.54, 1.807) is 24.5 Å². The van der Waals surface area contributed by atoms with Crippen LogP contribution in [0.2, 0.25) is 0 Å². The van der Waals surface area contributed by atoms with Crippen LogP contribution in [0.1, 0.15) is 32.1 Å². The van der Waals surface area contributed by atoms with Crippen molar-refractivity contribution in [2.45, 2.75) is 37.3 Å². The molecular formula is C16H20N4O2S. The van der Waals surface area contributed by atoms with E-state index in [4.69, 9.17) is 4.42 Å². The van der Waals surface area contributed by atoms with Crippen LogP contribution in [0.25, 0.3) is 11.5 Å². The largest absolute Gasteiger partial charge is 0.411 e. The van der Waals surface area contributed by atoms with Crippen LogP contribution in [0.4, 0.5) is 0 Å². The Morgan fingerprint density at radius 2 is 2.00 bits per heavy atom. The second kappa shape index (κ2) is 8.10. The number of carbonyl (C=O) groups is 1. The Morgan fingerprint density at radius 1 is 1.22 bits per heavy atom. The van der Waals surface area contributed by atoms with Gasteiger partial charge in [0.2, 0.25) is 11.8 Å². The second-order valence-corrected chi connectivity index (χ2v) is 6.63. The van der Waals surface area contributed by atoms with Gasteiger partial charge in [0.05, 0.1) is 5.75 Å². The van der Waals surface area contributed by atoms with E-state index in [1.165, 1.54) is 43.9 Å². The molecule has 1 aliphatic rings. The molecule has 1 aliphatic carbocycles. The lowest BCUT2D eigenvalue weighted by molar-refractivity contribution is -0.118. The molecule has 0 saturated heterocycles. The van der Waals surface area contributed by atoms with Crippen LogP contribution in [0, 0.1) is 5.92 Å². The van der Waals surface area contributed by atoms with Crippen LogP contribution in [0.15, 0.2) is 34.2 Å². The van der Waals surface area contributed by atoms with Crippen molar-refractivity contribution >= 4 is 17.7 Å². The Labute approximate surface area is 139 Å². The van der Waals surface area contributed by atoms with Gasteiger partial charge in [-0.2, -0.15) is 0 Å². The van der Waals surface area contributed by atoms with Crippen molar-refractivity contribution in [2.24, 2.45) is 5.92 Å². The molecule has 0 unspecified atom stereocenters. The van der Waals surface area contributed by atoms with E-state index in [1.807, 2.05) is 0 Å². The average molecular weight is 332 g/mol. The molecule has 7 heteroatoms. The molecule has 0 radical (unpaired) electrons. The minimum Gasteiger partial charge on any atom is -0.411 e. The van der Waals surface area contributed by atoms with Crippen LogP contribution in [0.5, 0.6) is 0 Å². The predicted molar refractivity (Wildman–Crippen MR) is 87.8 cm³/mol. The summed E-state index contributed by atoms with van der Waals surface area (Å²) in [5, 5.41) is 11.4. The van der Waals surface area contributed by atoms with E-state index in [9.17, 15) is 4.79 Å². The highest BCUT2D eigenvalue weighted by Gasteiger charge is 2.15. The van der Waals surface area contributed by atoms with Gasteiger partial charge in [-0.15, -0.1) is 10.2 Å². The molecule has 1 fully saturated rings. The first-order valence-electron chi connectivity index (χ1n) is 7.94. The minimum absolute atomic E-state index is 0.0178. The summed E-state index contributed by atoms with van der Waals surface area (Å²) in [6.07, 6.45) is 9.70. The van der Waals surface area contributed by atoms with Crippen molar-refractivity contribution in [2.75, 3.05) is 12.3 Å². The molecule has 23 heavy (non-hydrogen) atoms. The summed E-state index contributed by atoms with van der Waals surface area (Å²) in [7, 11) is 0. The maximum atomic E-state index is 11.9. The molecule has 1 amide bonds. The molecule has 3 rings (SSSR count). The van der Waals surface area contributed by atoms with E-state index >= 15 is 0 Å². The number of carbonyl (C=O) groups excluding carboxylic acids is 1. The first kappa shape index (κ1) is 16.0. The maximum absolute atomic E-state index is 11.9. The van der Waals surface area contributed by atoms with Gasteiger partial charge in [-0.1, -0.05) is 31.0 Å². The van der Waals surface area contributed by atoms with Crippen LogP contribution in [0.3, 0.4) is 0 Å². The third-order valence-electron chi connectivity index (χ3n) is 3.97. The highest BCUT2D eigenvalue weighted by Crippen LogP contribution is 2.24. The third kappa shape index (κ3) is 4.79. The Kier molecular flexibility index (Phi) is 5.63. The molecule has 2 aromatic rings. The lowest BCUT2D eigenvalue weighted by atomic mass is 9.89. The zero-order valence-electron chi connectivity index (χ0n) is 12.9. The van der Waals surface area contributed by atoms with Gasteiger partial charge in [-0.3, -0.25) is 9.78 Å². The fourth-order valence-corrected chi connectivity index (χ4v) is 3.30. The summed E-state index contributed by atoms with van der Waals surface area (Å²) < 4.78 is 5.55. The zero-order chi connectivity index (χ0) is 15.9. The molecular weight excluding hydrogens is 312 g/mol. The maximum Gasteiger partial charge on any atom is 0.277 e. The summed E-state index contributed by atoms with van der Waals surface area (Å²) in [6.45, 7) is 0.783. The van der Waals surface area contributed by atoms with Gasteiger partial charge >= 0.3 is 0 Å². The normalized spacial score (nSPS) is 15.5. The number of aromatic nitrogens is 3. The number of nitrogens with zero attached hydrogens (tertiary/aromatic N) is 3. The number of rotatable bonds is 6. The van der Waals surface area contributed by atoms with Gasteiger partial charge in [0.25, 0.3) is 5.22 Å². The van der Waals surface area contributed by atoms with E-state index in [0.29, 0.717) is 22.8 Å². The molecule has 2 heterocycles. The summed E-state index contributed by atoms with van der Waals surface area (Å²) in [5.41, 5.74) is 0.820. The van der Waals surface area contributed by atoms with E-state index < -0.39 is 0 Å². The van der Waals surface area contributed by atoms with Gasteiger partial charge in [0, 0.05) is 24.5 Å². The van der Waals surface area contributed by atoms with Gasteiger partial charge in [-0.25, -0.2) is 0 Å². The van der Waals surface area contributed by atoms with E-state index in [-0.39, 0.29) is 5.91 Å². The first-order valence-corrected chi connectivity index (χ1v) is 8.93. The highest BCUT2D eigenvalue weighted by atomic mass is 32.2. The molecule has 0 spiro atoms. The molecule has 1 N–H and O–H groups in total. The number of amides is 1. The number of hydrogen-bond donors (Lipinski definition) is 1. The summed E-state index contributed by atoms with van der Waals surface area (Å²) >= 11 is 1.26. The summed E-state index contributed by atoms with van der Waals surface area (Å²) in [6, 6.07) is 3.61. The zero-order valence-corrected chi connectivity index (χ0v) is 13.7. The Balaban J connectivity index is 1.43. The number of thioether (sulfide) groups is 1. The van der Waals surface area contributed by atoms with Crippen molar-refractivity contribution in [3.05, 3.63) is 24.5 Å². The predicted octanol–water partition coefficient (Wildman–Crippen LogP) is 2.92. The average Bonchev–Trinajstić information content (AvgIpc) is 3.09. The van der Waals surface area contributed by atoms with Crippen molar-refractivity contribution in [3.63, 3.8) is 0 Å². The Bertz CT molecular complexity index is 626. The SMILES string of the molecule is O=C(CSc1nnc(-c2ccncc2)o1)NCC1CCCCC1. The minimum atomic E-state index is 0.0178. The highest BCUT2D eigenvalue weighted by molar-refractivity contribution is 7.99. The monoisotopic (exact) mass is 332 g/mol. The lowest BCUT2D eigenvalue weighted by Crippen LogP contribution is -2.31. The van der Waals surface area contributed by atoms with E-state index in [0.717, 1.165) is 12.1 Å².